The Kier molecular flexibility index (Phi) is 5.23. The highest BCUT2D eigenvalue weighted by atomic mass is 32.1. The van der Waals surface area contributed by atoms with Crippen molar-refractivity contribution in [1.29, 1.82) is 0 Å². The third kappa shape index (κ3) is 4.70. The largest absolute Gasteiger partial charge is 0.393 e. The van der Waals surface area contributed by atoms with Gasteiger partial charge in [-0.2, -0.15) is 0 Å². The Hall–Kier alpha value is -1.00. The summed E-state index contributed by atoms with van der Waals surface area (Å²) in [6.07, 6.45) is 0.897. The highest BCUT2D eigenvalue weighted by Gasteiger charge is 2.21. The quantitative estimate of drug-likeness (QED) is 0.804. The Morgan fingerprint density at radius 2 is 2.11 bits per heavy atom. The first-order valence-corrected chi connectivity index (χ1v) is 6.45. The van der Waals surface area contributed by atoms with Crippen LogP contribution in [0.4, 0.5) is 4.39 Å². The number of halogens is 1. The van der Waals surface area contributed by atoms with Gasteiger partial charge in [0.25, 0.3) is 0 Å². The molecule has 0 atom stereocenters. The molecule has 0 heterocycles. The van der Waals surface area contributed by atoms with Crippen LogP contribution in [0.25, 0.3) is 0 Å². The lowest BCUT2D eigenvalue weighted by molar-refractivity contribution is 0.285. The average Bonchev–Trinajstić information content (AvgIpc) is 2.26. The molecule has 0 saturated heterocycles. The predicted octanol–water partition coefficient (Wildman–Crippen LogP) is 2.96. The predicted molar refractivity (Wildman–Crippen MR) is 77.9 cm³/mol. The normalized spacial score (nSPS) is 11.8. The summed E-state index contributed by atoms with van der Waals surface area (Å²) in [7, 11) is 2.01. The summed E-state index contributed by atoms with van der Waals surface area (Å²) in [5, 5.41) is 0. The van der Waals surface area contributed by atoms with Crippen molar-refractivity contribution in [1.82, 2.24) is 4.90 Å². The second-order valence-electron chi connectivity index (χ2n) is 5.37. The molecular formula is C14H21FN2S. The van der Waals surface area contributed by atoms with E-state index in [1.807, 2.05) is 27.0 Å². The van der Waals surface area contributed by atoms with Crippen molar-refractivity contribution in [3.05, 3.63) is 35.6 Å². The van der Waals surface area contributed by atoms with Crippen molar-refractivity contribution in [2.75, 3.05) is 13.6 Å². The minimum absolute atomic E-state index is 0.133. The van der Waals surface area contributed by atoms with Crippen LogP contribution in [-0.4, -0.2) is 23.5 Å². The lowest BCUT2D eigenvalue weighted by Crippen LogP contribution is -2.33. The van der Waals surface area contributed by atoms with Crippen LogP contribution in [0.5, 0.6) is 0 Å². The molecule has 1 rings (SSSR count). The van der Waals surface area contributed by atoms with E-state index in [1.165, 1.54) is 6.07 Å². The van der Waals surface area contributed by atoms with Crippen molar-refractivity contribution in [3.63, 3.8) is 0 Å². The smallest absolute Gasteiger partial charge is 0.123 e. The van der Waals surface area contributed by atoms with E-state index in [0.29, 0.717) is 4.99 Å². The third-order valence-electron chi connectivity index (χ3n) is 3.13. The molecule has 1 aromatic rings. The molecule has 0 radical (unpaired) electrons. The standard InChI is InChI=1S/C14H21FN2S/c1-14(2,13(16)18)7-8-17(3)10-11-5-4-6-12(15)9-11/h4-6,9H,7-8,10H2,1-3H3,(H2,16,18). The van der Waals surface area contributed by atoms with Gasteiger partial charge in [-0.3, -0.25) is 0 Å². The summed E-state index contributed by atoms with van der Waals surface area (Å²) in [6, 6.07) is 6.68. The minimum atomic E-state index is -0.190. The number of hydrogen-bond acceptors (Lipinski definition) is 2. The molecule has 18 heavy (non-hydrogen) atoms. The van der Waals surface area contributed by atoms with E-state index in [0.717, 1.165) is 25.1 Å². The number of benzene rings is 1. The van der Waals surface area contributed by atoms with Gasteiger partial charge in [0, 0.05) is 12.0 Å². The number of nitrogens with zero attached hydrogens (tertiary/aromatic N) is 1. The maximum absolute atomic E-state index is 13.0. The Bertz CT molecular complexity index is 418. The maximum atomic E-state index is 13.0. The van der Waals surface area contributed by atoms with Gasteiger partial charge in [-0.15, -0.1) is 0 Å². The molecule has 0 fully saturated rings. The molecular weight excluding hydrogens is 247 g/mol. The van der Waals surface area contributed by atoms with Crippen LogP contribution in [0.1, 0.15) is 25.8 Å². The van der Waals surface area contributed by atoms with Gasteiger partial charge in [-0.05, 0) is 37.7 Å². The molecule has 2 nitrogen and oxygen atoms in total. The first-order chi connectivity index (χ1) is 8.31. The van der Waals surface area contributed by atoms with E-state index < -0.39 is 0 Å². The average molecular weight is 268 g/mol. The fourth-order valence-corrected chi connectivity index (χ4v) is 1.72. The number of rotatable bonds is 6. The summed E-state index contributed by atoms with van der Waals surface area (Å²) < 4.78 is 13.0. The van der Waals surface area contributed by atoms with E-state index in [1.54, 1.807) is 12.1 Å². The van der Waals surface area contributed by atoms with E-state index in [9.17, 15) is 4.39 Å². The third-order valence-corrected chi connectivity index (χ3v) is 3.68. The second-order valence-corrected chi connectivity index (χ2v) is 5.81. The van der Waals surface area contributed by atoms with Crippen LogP contribution in [0.2, 0.25) is 0 Å². The number of hydrogen-bond donors (Lipinski definition) is 1. The molecule has 1 aromatic carbocycles. The summed E-state index contributed by atoms with van der Waals surface area (Å²) in [5.74, 6) is -0.190. The molecule has 0 aliphatic carbocycles. The van der Waals surface area contributed by atoms with Gasteiger partial charge in [0.2, 0.25) is 0 Å². The topological polar surface area (TPSA) is 29.3 Å². The van der Waals surface area contributed by atoms with Crippen molar-refractivity contribution in [2.24, 2.45) is 11.1 Å². The molecule has 0 spiro atoms. The Morgan fingerprint density at radius 1 is 1.44 bits per heavy atom. The Morgan fingerprint density at radius 3 is 2.67 bits per heavy atom. The SMILES string of the molecule is CN(CCC(C)(C)C(N)=S)Cc1cccc(F)c1. The second kappa shape index (κ2) is 6.25. The molecule has 0 aromatic heterocycles. The molecule has 0 saturated carbocycles. The number of nitrogens with two attached hydrogens (primary N) is 1. The molecule has 0 amide bonds. The molecule has 0 aliphatic rings. The van der Waals surface area contributed by atoms with Gasteiger partial charge in [0.1, 0.15) is 5.82 Å². The van der Waals surface area contributed by atoms with Crippen LogP contribution in [0, 0.1) is 11.2 Å². The zero-order valence-corrected chi connectivity index (χ0v) is 12.1. The van der Waals surface area contributed by atoms with E-state index in [-0.39, 0.29) is 11.2 Å². The van der Waals surface area contributed by atoms with Gasteiger partial charge in [0.05, 0.1) is 4.99 Å². The molecule has 4 heteroatoms. The molecule has 0 aliphatic heterocycles. The van der Waals surface area contributed by atoms with Crippen molar-refractivity contribution < 1.29 is 4.39 Å². The fourth-order valence-electron chi connectivity index (χ4n) is 1.62. The van der Waals surface area contributed by atoms with Gasteiger partial charge >= 0.3 is 0 Å². The summed E-state index contributed by atoms with van der Waals surface area (Å²) >= 11 is 5.04. The van der Waals surface area contributed by atoms with Crippen molar-refractivity contribution in [2.45, 2.75) is 26.8 Å². The zero-order chi connectivity index (χ0) is 13.8. The molecule has 2 N–H and O–H groups in total. The van der Waals surface area contributed by atoms with E-state index in [4.69, 9.17) is 18.0 Å². The zero-order valence-electron chi connectivity index (χ0n) is 11.2. The van der Waals surface area contributed by atoms with E-state index >= 15 is 0 Å². The van der Waals surface area contributed by atoms with Crippen LogP contribution in [0.15, 0.2) is 24.3 Å². The fraction of sp³-hybridized carbons (Fsp3) is 0.500. The van der Waals surface area contributed by atoms with Crippen molar-refractivity contribution in [3.8, 4) is 0 Å². The molecule has 0 bridgehead atoms. The lowest BCUT2D eigenvalue weighted by atomic mass is 9.89. The van der Waals surface area contributed by atoms with Gasteiger partial charge in [-0.1, -0.05) is 38.2 Å². The summed E-state index contributed by atoms with van der Waals surface area (Å²) in [5.41, 5.74) is 6.54. The number of thiocarbonyl (C=S) groups is 1. The van der Waals surface area contributed by atoms with Gasteiger partial charge in [-0.25, -0.2) is 4.39 Å². The highest BCUT2D eigenvalue weighted by molar-refractivity contribution is 7.80. The van der Waals surface area contributed by atoms with Crippen molar-refractivity contribution >= 4 is 17.2 Å². The van der Waals surface area contributed by atoms with Crippen LogP contribution in [0.3, 0.4) is 0 Å². The minimum Gasteiger partial charge on any atom is -0.393 e. The maximum Gasteiger partial charge on any atom is 0.123 e. The Labute approximate surface area is 114 Å². The van der Waals surface area contributed by atoms with Crippen LogP contribution in [-0.2, 0) is 6.54 Å². The molecule has 0 unspecified atom stereocenters. The molecule has 100 valence electrons. The highest BCUT2D eigenvalue weighted by Crippen LogP contribution is 2.21. The van der Waals surface area contributed by atoms with Gasteiger partial charge < -0.3 is 10.6 Å². The van der Waals surface area contributed by atoms with Crippen LogP contribution < -0.4 is 5.73 Å². The monoisotopic (exact) mass is 268 g/mol. The first-order valence-electron chi connectivity index (χ1n) is 6.04. The first kappa shape index (κ1) is 15.1. The summed E-state index contributed by atoms with van der Waals surface area (Å²) in [4.78, 5) is 2.69. The summed E-state index contributed by atoms with van der Waals surface area (Å²) in [6.45, 7) is 5.70. The van der Waals surface area contributed by atoms with E-state index in [2.05, 4.69) is 4.90 Å². The van der Waals surface area contributed by atoms with Crippen LogP contribution >= 0.6 is 12.2 Å². The lowest BCUT2D eigenvalue weighted by Gasteiger charge is -2.26. The van der Waals surface area contributed by atoms with Gasteiger partial charge in [0.15, 0.2) is 0 Å². The Balaban J connectivity index is 2.47.